The van der Waals surface area contributed by atoms with Crippen molar-refractivity contribution in [1.82, 2.24) is 14.7 Å². The highest BCUT2D eigenvalue weighted by molar-refractivity contribution is 5.96. The van der Waals surface area contributed by atoms with Crippen LogP contribution in [0.4, 0.5) is 13.2 Å². The number of halogens is 3. The normalized spacial score (nSPS) is 18.1. The molecule has 2 heterocycles. The fourth-order valence-electron chi connectivity index (χ4n) is 3.84. The molecule has 2 aliphatic rings. The Morgan fingerprint density at radius 3 is 2.38 bits per heavy atom. The van der Waals surface area contributed by atoms with Gasteiger partial charge in [-0.05, 0) is 49.8 Å². The van der Waals surface area contributed by atoms with E-state index in [1.165, 1.54) is 27.8 Å². The van der Waals surface area contributed by atoms with Crippen LogP contribution >= 0.6 is 0 Å². The maximum atomic E-state index is 13.2. The summed E-state index contributed by atoms with van der Waals surface area (Å²) in [5.74, 6) is 0.0222. The quantitative estimate of drug-likeness (QED) is 0.780. The number of aromatic nitrogens is 2. The molecule has 4 rings (SSSR count). The smallest absolute Gasteiger partial charge is 0.339 e. The number of benzene rings is 1. The fraction of sp³-hybridized carbons (Fsp3) is 0.476. The van der Waals surface area contributed by atoms with E-state index in [1.54, 1.807) is 12.1 Å². The highest BCUT2D eigenvalue weighted by atomic mass is 19.4. The van der Waals surface area contributed by atoms with Gasteiger partial charge in [0.15, 0.2) is 0 Å². The van der Waals surface area contributed by atoms with Gasteiger partial charge in [-0.1, -0.05) is 12.1 Å². The van der Waals surface area contributed by atoms with Crippen LogP contribution in [-0.4, -0.2) is 33.7 Å². The van der Waals surface area contributed by atoms with Crippen LogP contribution in [0.2, 0.25) is 0 Å². The third kappa shape index (κ3) is 4.36. The summed E-state index contributed by atoms with van der Waals surface area (Å²) in [6.45, 7) is 1.21. The largest absolute Gasteiger partial charge is 0.417 e. The number of carbonyl (C=O) groups is 1. The lowest BCUT2D eigenvalue weighted by Gasteiger charge is -2.32. The van der Waals surface area contributed by atoms with E-state index >= 15 is 0 Å². The van der Waals surface area contributed by atoms with E-state index in [1.807, 2.05) is 0 Å². The first kappa shape index (κ1) is 19.7. The van der Waals surface area contributed by atoms with E-state index in [-0.39, 0.29) is 17.0 Å². The molecule has 0 atom stereocenters. The average molecular weight is 405 g/mol. The molecule has 1 aromatic heterocycles. The highest BCUT2D eigenvalue weighted by Gasteiger charge is 2.36. The molecule has 1 amide bonds. The first-order valence-electron chi connectivity index (χ1n) is 9.86. The zero-order chi connectivity index (χ0) is 20.6. The van der Waals surface area contributed by atoms with Crippen molar-refractivity contribution in [3.05, 3.63) is 63.6 Å². The maximum Gasteiger partial charge on any atom is 0.417 e. The number of alkyl halides is 3. The van der Waals surface area contributed by atoms with Crippen molar-refractivity contribution >= 4 is 5.91 Å². The zero-order valence-electron chi connectivity index (χ0n) is 15.9. The van der Waals surface area contributed by atoms with Crippen LogP contribution < -0.4 is 5.56 Å². The van der Waals surface area contributed by atoms with E-state index in [4.69, 9.17) is 0 Å². The summed E-state index contributed by atoms with van der Waals surface area (Å²) in [4.78, 5) is 26.2. The van der Waals surface area contributed by atoms with Gasteiger partial charge in [-0.3, -0.25) is 9.59 Å². The molecule has 0 radical (unpaired) electrons. The maximum absolute atomic E-state index is 13.2. The Balaban J connectivity index is 1.41. The molecule has 5 nitrogen and oxygen atoms in total. The Labute approximate surface area is 166 Å². The summed E-state index contributed by atoms with van der Waals surface area (Å²) < 4.78 is 41.1. The fourth-order valence-corrected chi connectivity index (χ4v) is 3.84. The van der Waals surface area contributed by atoms with Gasteiger partial charge in [0.2, 0.25) is 0 Å². The van der Waals surface area contributed by atoms with Gasteiger partial charge in [0, 0.05) is 31.6 Å². The van der Waals surface area contributed by atoms with Crippen LogP contribution in [-0.2, 0) is 12.7 Å². The highest BCUT2D eigenvalue weighted by Crippen LogP contribution is 2.38. The minimum absolute atomic E-state index is 0.146. The first-order chi connectivity index (χ1) is 13.8. The summed E-state index contributed by atoms with van der Waals surface area (Å²) >= 11 is 0. The molecule has 154 valence electrons. The second kappa shape index (κ2) is 7.65. The van der Waals surface area contributed by atoms with Crippen LogP contribution in [0, 0.1) is 5.92 Å². The third-order valence-electron chi connectivity index (χ3n) is 5.68. The summed E-state index contributed by atoms with van der Waals surface area (Å²) in [7, 11) is 0. The van der Waals surface area contributed by atoms with Crippen molar-refractivity contribution in [3.8, 4) is 0 Å². The van der Waals surface area contributed by atoms with Gasteiger partial charge in [0.25, 0.3) is 11.5 Å². The predicted octanol–water partition coefficient (Wildman–Crippen LogP) is 3.69. The lowest BCUT2D eigenvalue weighted by molar-refractivity contribution is -0.138. The van der Waals surface area contributed by atoms with Gasteiger partial charge >= 0.3 is 6.18 Å². The number of likely N-dealkylation sites (tertiary alicyclic amines) is 1. The molecule has 1 aliphatic heterocycles. The molecular weight excluding hydrogens is 383 g/mol. The third-order valence-corrected chi connectivity index (χ3v) is 5.68. The molecule has 0 N–H and O–H groups in total. The molecule has 29 heavy (non-hydrogen) atoms. The lowest BCUT2D eigenvalue weighted by Crippen LogP contribution is -2.41. The Hall–Kier alpha value is -2.64. The number of nitrogens with zero attached hydrogens (tertiary/aromatic N) is 3. The molecule has 1 saturated heterocycles. The topological polar surface area (TPSA) is 55.2 Å². The minimum Gasteiger partial charge on any atom is -0.339 e. The van der Waals surface area contributed by atoms with Gasteiger partial charge in [-0.25, -0.2) is 4.68 Å². The van der Waals surface area contributed by atoms with E-state index in [0.29, 0.717) is 38.4 Å². The van der Waals surface area contributed by atoms with E-state index in [9.17, 15) is 22.8 Å². The van der Waals surface area contributed by atoms with Crippen molar-refractivity contribution in [2.45, 2.75) is 44.3 Å². The first-order valence-corrected chi connectivity index (χ1v) is 9.86. The van der Waals surface area contributed by atoms with Crippen LogP contribution in [0.1, 0.15) is 53.2 Å². The van der Waals surface area contributed by atoms with Crippen LogP contribution in [0.25, 0.3) is 0 Å². The molecule has 8 heteroatoms. The van der Waals surface area contributed by atoms with Gasteiger partial charge in [-0.15, -0.1) is 0 Å². The summed E-state index contributed by atoms with van der Waals surface area (Å²) in [5, 5.41) is 4.47. The number of hydrogen-bond acceptors (Lipinski definition) is 3. The van der Waals surface area contributed by atoms with Gasteiger partial charge < -0.3 is 4.90 Å². The number of hydrogen-bond donors (Lipinski definition) is 0. The molecule has 0 bridgehead atoms. The van der Waals surface area contributed by atoms with Crippen LogP contribution in [0.5, 0.6) is 0 Å². The number of amides is 1. The van der Waals surface area contributed by atoms with Crippen molar-refractivity contribution in [2.75, 3.05) is 13.1 Å². The van der Waals surface area contributed by atoms with Gasteiger partial charge in [-0.2, -0.15) is 18.3 Å². The van der Waals surface area contributed by atoms with E-state index in [2.05, 4.69) is 5.10 Å². The van der Waals surface area contributed by atoms with Gasteiger partial charge in [0.1, 0.15) is 0 Å². The van der Waals surface area contributed by atoms with Crippen molar-refractivity contribution in [3.63, 3.8) is 0 Å². The van der Waals surface area contributed by atoms with Crippen molar-refractivity contribution < 1.29 is 18.0 Å². The Morgan fingerprint density at radius 1 is 1.03 bits per heavy atom. The second-order valence-corrected chi connectivity index (χ2v) is 7.83. The monoisotopic (exact) mass is 405 g/mol. The molecule has 2 fully saturated rings. The molecule has 0 spiro atoms. The Morgan fingerprint density at radius 2 is 1.72 bits per heavy atom. The number of piperidine rings is 1. The predicted molar refractivity (Wildman–Crippen MR) is 101 cm³/mol. The second-order valence-electron chi connectivity index (χ2n) is 7.83. The lowest BCUT2D eigenvalue weighted by atomic mass is 9.95. The van der Waals surface area contributed by atoms with Crippen molar-refractivity contribution in [2.24, 2.45) is 5.92 Å². The molecule has 0 unspecified atom stereocenters. The number of carbonyl (C=O) groups excluding carboxylic acids is 1. The minimum atomic E-state index is -4.57. The van der Waals surface area contributed by atoms with Crippen molar-refractivity contribution in [1.29, 1.82) is 0 Å². The Kier molecular flexibility index (Phi) is 5.19. The SMILES string of the molecule is O=C(c1ccccc1C(F)(F)F)N1CCC(Cn2nc(C3CC3)ccc2=O)CC1. The zero-order valence-corrected chi connectivity index (χ0v) is 15.9. The summed E-state index contributed by atoms with van der Waals surface area (Å²) in [5.41, 5.74) is -0.416. The molecule has 1 aliphatic carbocycles. The van der Waals surface area contributed by atoms with Crippen LogP contribution in [0.3, 0.4) is 0 Å². The molecule has 2 aromatic rings. The van der Waals surface area contributed by atoms with Crippen LogP contribution in [0.15, 0.2) is 41.2 Å². The van der Waals surface area contributed by atoms with E-state index < -0.39 is 17.6 Å². The van der Waals surface area contributed by atoms with Gasteiger partial charge in [0.05, 0.1) is 16.8 Å². The average Bonchev–Trinajstić information content (AvgIpc) is 3.54. The van der Waals surface area contributed by atoms with E-state index in [0.717, 1.165) is 24.6 Å². The summed E-state index contributed by atoms with van der Waals surface area (Å²) in [6.07, 6.45) is -1.11. The molecule has 1 saturated carbocycles. The number of rotatable bonds is 4. The standard InChI is InChI=1S/C21H22F3N3O2/c22-21(23,24)17-4-2-1-3-16(17)20(29)26-11-9-14(10-12-26)13-27-19(28)8-7-18(25-27)15-5-6-15/h1-4,7-8,14-15H,5-6,9-13H2. The summed E-state index contributed by atoms with van der Waals surface area (Å²) in [6, 6.07) is 8.23. The Bertz CT molecular complexity index is 958. The molecular formula is C21H22F3N3O2. The molecule has 1 aromatic carbocycles.